The van der Waals surface area contributed by atoms with Gasteiger partial charge in [0.05, 0.1) is 25.8 Å². The maximum atomic E-state index is 12.1. The van der Waals surface area contributed by atoms with E-state index in [2.05, 4.69) is 10.3 Å². The van der Waals surface area contributed by atoms with Crippen molar-refractivity contribution in [3.05, 3.63) is 57.1 Å². The third kappa shape index (κ3) is 3.98. The summed E-state index contributed by atoms with van der Waals surface area (Å²) < 4.78 is 5.98. The summed E-state index contributed by atoms with van der Waals surface area (Å²) in [4.78, 5) is 28.6. The molecule has 5 nitrogen and oxygen atoms in total. The Hall–Kier alpha value is -2.15. The van der Waals surface area contributed by atoms with Crippen molar-refractivity contribution in [3.63, 3.8) is 0 Å². The molecule has 3 aromatic rings. The number of hydrogen-bond acceptors (Lipinski definition) is 5. The van der Waals surface area contributed by atoms with Gasteiger partial charge in [0.25, 0.3) is 5.91 Å². The number of esters is 1. The van der Waals surface area contributed by atoms with E-state index in [0.29, 0.717) is 5.13 Å². The van der Waals surface area contributed by atoms with Crippen LogP contribution >= 0.6 is 34.5 Å². The van der Waals surface area contributed by atoms with E-state index in [4.69, 9.17) is 27.9 Å². The second-order valence-electron chi connectivity index (χ2n) is 5.67. The summed E-state index contributed by atoms with van der Waals surface area (Å²) in [6, 6.07) is 8.70. The van der Waals surface area contributed by atoms with Crippen LogP contribution in [0, 0.1) is 13.8 Å². The predicted octanol–water partition coefficient (Wildman–Crippen LogP) is 5.02. The molecule has 3 rings (SSSR count). The quantitative estimate of drug-likeness (QED) is 0.615. The summed E-state index contributed by atoms with van der Waals surface area (Å²) in [5, 5.41) is 3.42. The predicted molar refractivity (Wildman–Crippen MR) is 104 cm³/mol. The number of rotatable bonds is 4. The fourth-order valence-electron chi connectivity index (χ4n) is 2.48. The van der Waals surface area contributed by atoms with Crippen molar-refractivity contribution >= 4 is 61.8 Å². The van der Waals surface area contributed by atoms with Crippen molar-refractivity contribution in [1.82, 2.24) is 4.98 Å². The van der Waals surface area contributed by atoms with Crippen LogP contribution in [0.5, 0.6) is 0 Å². The van der Waals surface area contributed by atoms with Crippen molar-refractivity contribution in [1.29, 1.82) is 0 Å². The molecule has 0 saturated carbocycles. The minimum absolute atomic E-state index is 0.0368. The lowest BCUT2D eigenvalue weighted by Crippen LogP contribution is -2.21. The standard InChI is InChI=1S/C18H14Cl2N2O3S/c1-9-6-10(2)16-13(7-9)26-18(22-16)21-14(23)8-25-17(24)15-11(19)4-3-5-12(15)20/h3-7H,8H2,1-2H3,(H,21,22,23). The van der Waals surface area contributed by atoms with Gasteiger partial charge in [0.2, 0.25) is 0 Å². The molecule has 0 unspecified atom stereocenters. The SMILES string of the molecule is Cc1cc(C)c2nc(NC(=O)COC(=O)c3c(Cl)cccc3Cl)sc2c1. The number of hydrogen-bond donors (Lipinski definition) is 1. The molecule has 0 fully saturated rings. The van der Waals surface area contributed by atoms with Gasteiger partial charge in [-0.25, -0.2) is 9.78 Å². The Bertz CT molecular complexity index is 997. The summed E-state index contributed by atoms with van der Waals surface area (Å²) in [6.07, 6.45) is 0. The second-order valence-corrected chi connectivity index (χ2v) is 7.51. The number of benzene rings is 2. The Balaban J connectivity index is 1.66. The van der Waals surface area contributed by atoms with Gasteiger partial charge in [-0.15, -0.1) is 0 Å². The normalized spacial score (nSPS) is 10.8. The van der Waals surface area contributed by atoms with Gasteiger partial charge in [-0.3, -0.25) is 10.1 Å². The highest BCUT2D eigenvalue weighted by Crippen LogP contribution is 2.29. The number of halogens is 2. The van der Waals surface area contributed by atoms with E-state index in [1.54, 1.807) is 6.07 Å². The maximum absolute atomic E-state index is 12.1. The largest absolute Gasteiger partial charge is 0.452 e. The second kappa shape index (κ2) is 7.61. The van der Waals surface area contributed by atoms with Crippen LogP contribution in [0.2, 0.25) is 10.0 Å². The first-order valence-electron chi connectivity index (χ1n) is 7.64. The summed E-state index contributed by atoms with van der Waals surface area (Å²) >= 11 is 13.3. The van der Waals surface area contributed by atoms with Crippen LogP contribution in [0.25, 0.3) is 10.2 Å². The molecular formula is C18H14Cl2N2O3S. The van der Waals surface area contributed by atoms with Gasteiger partial charge in [-0.1, -0.05) is 46.7 Å². The molecule has 0 saturated heterocycles. The third-order valence-electron chi connectivity index (χ3n) is 3.58. The molecule has 0 radical (unpaired) electrons. The third-order valence-corrected chi connectivity index (χ3v) is 5.13. The number of anilines is 1. The molecule has 26 heavy (non-hydrogen) atoms. The molecule has 1 amide bonds. The first kappa shape index (κ1) is 18.6. The van der Waals surface area contributed by atoms with Crippen LogP contribution in [0.4, 0.5) is 5.13 Å². The van der Waals surface area contributed by atoms with Crippen LogP contribution in [-0.2, 0) is 9.53 Å². The zero-order valence-electron chi connectivity index (χ0n) is 13.9. The minimum Gasteiger partial charge on any atom is -0.452 e. The molecule has 0 bridgehead atoms. The van der Waals surface area contributed by atoms with Crippen molar-refractivity contribution in [3.8, 4) is 0 Å². The number of fused-ring (bicyclic) bond motifs is 1. The summed E-state index contributed by atoms with van der Waals surface area (Å²) in [6.45, 7) is 3.51. The van der Waals surface area contributed by atoms with E-state index < -0.39 is 18.5 Å². The average molecular weight is 409 g/mol. The van der Waals surface area contributed by atoms with Gasteiger partial charge < -0.3 is 4.74 Å². The van der Waals surface area contributed by atoms with Gasteiger partial charge >= 0.3 is 5.97 Å². The lowest BCUT2D eigenvalue weighted by Gasteiger charge is -2.07. The number of amides is 1. The molecule has 0 aliphatic rings. The number of thiazole rings is 1. The molecule has 2 aromatic carbocycles. The van der Waals surface area contributed by atoms with Crippen molar-refractivity contribution in [2.24, 2.45) is 0 Å². The smallest absolute Gasteiger partial charge is 0.341 e. The number of nitrogens with one attached hydrogen (secondary N) is 1. The van der Waals surface area contributed by atoms with E-state index in [0.717, 1.165) is 21.3 Å². The Morgan fingerprint density at radius 3 is 2.58 bits per heavy atom. The topological polar surface area (TPSA) is 68.3 Å². The zero-order valence-corrected chi connectivity index (χ0v) is 16.3. The minimum atomic E-state index is -0.758. The fourth-order valence-corrected chi connectivity index (χ4v) is 4.09. The molecule has 1 N–H and O–H groups in total. The molecule has 134 valence electrons. The fraction of sp³-hybridized carbons (Fsp3) is 0.167. The van der Waals surface area contributed by atoms with E-state index >= 15 is 0 Å². The number of carbonyl (C=O) groups excluding carboxylic acids is 2. The first-order valence-corrected chi connectivity index (χ1v) is 9.21. The highest BCUT2D eigenvalue weighted by atomic mass is 35.5. The Labute approximate surface area is 163 Å². The highest BCUT2D eigenvalue weighted by molar-refractivity contribution is 7.22. The zero-order chi connectivity index (χ0) is 18.8. The van der Waals surface area contributed by atoms with Gasteiger partial charge in [0.15, 0.2) is 11.7 Å². The van der Waals surface area contributed by atoms with E-state index in [1.165, 1.54) is 23.5 Å². The van der Waals surface area contributed by atoms with Gasteiger partial charge in [0, 0.05) is 0 Å². The monoisotopic (exact) mass is 408 g/mol. The molecule has 0 aliphatic carbocycles. The molecular weight excluding hydrogens is 395 g/mol. The number of aryl methyl sites for hydroxylation is 2. The van der Waals surface area contributed by atoms with Crippen molar-refractivity contribution in [2.45, 2.75) is 13.8 Å². The van der Waals surface area contributed by atoms with Crippen LogP contribution in [0.15, 0.2) is 30.3 Å². The number of aromatic nitrogens is 1. The lowest BCUT2D eigenvalue weighted by molar-refractivity contribution is -0.119. The molecule has 8 heteroatoms. The summed E-state index contributed by atoms with van der Waals surface area (Å²) in [7, 11) is 0. The lowest BCUT2D eigenvalue weighted by atomic mass is 10.1. The molecule has 0 aliphatic heterocycles. The maximum Gasteiger partial charge on any atom is 0.341 e. The van der Waals surface area contributed by atoms with Crippen LogP contribution < -0.4 is 5.32 Å². The van der Waals surface area contributed by atoms with Crippen LogP contribution in [0.1, 0.15) is 21.5 Å². The molecule has 0 atom stereocenters. The average Bonchev–Trinajstić information content (AvgIpc) is 2.95. The van der Waals surface area contributed by atoms with Gasteiger partial charge in [0.1, 0.15) is 0 Å². The van der Waals surface area contributed by atoms with Crippen LogP contribution in [-0.4, -0.2) is 23.5 Å². The van der Waals surface area contributed by atoms with Crippen molar-refractivity contribution < 1.29 is 14.3 Å². The van der Waals surface area contributed by atoms with E-state index in [-0.39, 0.29) is 15.6 Å². The molecule has 1 heterocycles. The van der Waals surface area contributed by atoms with E-state index in [9.17, 15) is 9.59 Å². The van der Waals surface area contributed by atoms with Gasteiger partial charge in [-0.2, -0.15) is 0 Å². The summed E-state index contributed by atoms with van der Waals surface area (Å²) in [5.41, 5.74) is 3.05. The molecule has 0 spiro atoms. The Morgan fingerprint density at radius 2 is 1.88 bits per heavy atom. The van der Waals surface area contributed by atoms with E-state index in [1.807, 2.05) is 26.0 Å². The van der Waals surface area contributed by atoms with Gasteiger partial charge in [-0.05, 0) is 43.2 Å². The van der Waals surface area contributed by atoms with Crippen molar-refractivity contribution in [2.75, 3.05) is 11.9 Å². The summed E-state index contributed by atoms with van der Waals surface area (Å²) in [5.74, 6) is -1.25. The Kier molecular flexibility index (Phi) is 5.46. The molecule has 1 aromatic heterocycles. The number of carbonyl (C=O) groups is 2. The number of ether oxygens (including phenoxy) is 1. The van der Waals surface area contributed by atoms with Crippen LogP contribution in [0.3, 0.4) is 0 Å². The number of nitrogens with zero attached hydrogens (tertiary/aromatic N) is 1. The highest BCUT2D eigenvalue weighted by Gasteiger charge is 2.18. The first-order chi connectivity index (χ1) is 12.3. The Morgan fingerprint density at radius 1 is 1.19 bits per heavy atom.